The molecule has 10 heteroatoms. The standard InChI is InChI=1S/C26H31N5O4S/c1-4-29(20-22-10-8-7-9-11-22)23-14-12-21(13-15-23)19-27-28-25-17-16-24(18-26(25)31(32)33)36(34,35)30(5-2)6-3/h7-19,28H,4-6,20H2,1-3H3/b27-19+. The molecular formula is C26H31N5O4S. The van der Waals surface area contributed by atoms with Crippen LogP contribution in [-0.4, -0.2) is 43.5 Å². The summed E-state index contributed by atoms with van der Waals surface area (Å²) in [4.78, 5) is 13.1. The number of hydrogen-bond donors (Lipinski definition) is 1. The lowest BCUT2D eigenvalue weighted by Crippen LogP contribution is -2.30. The fraction of sp³-hybridized carbons (Fsp3) is 0.269. The first kappa shape index (κ1) is 26.8. The molecule has 0 aromatic heterocycles. The van der Waals surface area contributed by atoms with Crippen LogP contribution in [0.1, 0.15) is 31.9 Å². The molecule has 0 fully saturated rings. The molecule has 0 saturated carbocycles. The number of nitro groups is 1. The van der Waals surface area contributed by atoms with Gasteiger partial charge in [0.2, 0.25) is 10.0 Å². The second-order valence-corrected chi connectivity index (χ2v) is 9.92. The van der Waals surface area contributed by atoms with E-state index in [-0.39, 0.29) is 29.4 Å². The van der Waals surface area contributed by atoms with Crippen molar-refractivity contribution in [2.75, 3.05) is 30.0 Å². The van der Waals surface area contributed by atoms with Gasteiger partial charge in [0.1, 0.15) is 5.69 Å². The number of hydrogen-bond acceptors (Lipinski definition) is 7. The summed E-state index contributed by atoms with van der Waals surface area (Å²) in [5.41, 5.74) is 5.52. The average Bonchev–Trinajstić information content (AvgIpc) is 2.89. The van der Waals surface area contributed by atoms with Gasteiger partial charge in [-0.3, -0.25) is 15.5 Å². The van der Waals surface area contributed by atoms with E-state index in [0.717, 1.165) is 30.4 Å². The van der Waals surface area contributed by atoms with Crippen molar-refractivity contribution >= 4 is 33.3 Å². The fourth-order valence-electron chi connectivity index (χ4n) is 3.77. The molecule has 3 aromatic rings. The van der Waals surface area contributed by atoms with Gasteiger partial charge in [-0.05, 0) is 42.3 Å². The van der Waals surface area contributed by atoms with Gasteiger partial charge in [0.15, 0.2) is 0 Å². The van der Waals surface area contributed by atoms with Crippen LogP contribution < -0.4 is 10.3 Å². The minimum Gasteiger partial charge on any atom is -0.367 e. The third-order valence-electron chi connectivity index (χ3n) is 5.76. The van der Waals surface area contributed by atoms with Crippen molar-refractivity contribution in [2.45, 2.75) is 32.2 Å². The van der Waals surface area contributed by atoms with Crippen molar-refractivity contribution in [1.82, 2.24) is 4.31 Å². The van der Waals surface area contributed by atoms with Gasteiger partial charge in [0.05, 0.1) is 16.0 Å². The van der Waals surface area contributed by atoms with E-state index in [4.69, 9.17) is 0 Å². The van der Waals surface area contributed by atoms with Crippen molar-refractivity contribution in [3.05, 3.63) is 94.0 Å². The molecule has 0 spiro atoms. The summed E-state index contributed by atoms with van der Waals surface area (Å²) >= 11 is 0. The lowest BCUT2D eigenvalue weighted by atomic mass is 10.1. The number of nitrogens with zero attached hydrogens (tertiary/aromatic N) is 4. The molecule has 0 unspecified atom stereocenters. The Morgan fingerprint density at radius 3 is 2.19 bits per heavy atom. The Morgan fingerprint density at radius 2 is 1.61 bits per heavy atom. The molecule has 0 bridgehead atoms. The van der Waals surface area contributed by atoms with Crippen molar-refractivity contribution in [1.29, 1.82) is 0 Å². The number of anilines is 2. The summed E-state index contributed by atoms with van der Waals surface area (Å²) in [5.74, 6) is 0. The highest BCUT2D eigenvalue weighted by Crippen LogP contribution is 2.29. The zero-order chi connectivity index (χ0) is 26.1. The van der Waals surface area contributed by atoms with Gasteiger partial charge in [0, 0.05) is 37.9 Å². The molecule has 0 atom stereocenters. The minimum absolute atomic E-state index is 0.103. The van der Waals surface area contributed by atoms with Gasteiger partial charge in [-0.25, -0.2) is 8.42 Å². The first-order valence-corrected chi connectivity index (χ1v) is 13.2. The molecule has 9 nitrogen and oxygen atoms in total. The maximum atomic E-state index is 12.7. The number of sulfonamides is 1. The van der Waals surface area contributed by atoms with Crippen LogP contribution in [0.2, 0.25) is 0 Å². The SMILES string of the molecule is CCN(Cc1ccccc1)c1ccc(/C=N/Nc2ccc(S(=O)(=O)N(CC)CC)cc2[N+](=O)[O-])cc1. The minimum atomic E-state index is -3.81. The predicted octanol–water partition coefficient (Wildman–Crippen LogP) is 5.10. The average molecular weight is 510 g/mol. The molecule has 0 aliphatic rings. The van der Waals surface area contributed by atoms with Gasteiger partial charge in [-0.1, -0.05) is 56.3 Å². The Balaban J connectivity index is 1.73. The van der Waals surface area contributed by atoms with E-state index >= 15 is 0 Å². The zero-order valence-corrected chi connectivity index (χ0v) is 21.5. The van der Waals surface area contributed by atoms with Gasteiger partial charge >= 0.3 is 0 Å². The molecule has 0 heterocycles. The first-order valence-electron chi connectivity index (χ1n) is 11.8. The highest BCUT2D eigenvalue weighted by Gasteiger charge is 2.25. The number of nitro benzene ring substituents is 1. The van der Waals surface area contributed by atoms with Crippen LogP contribution in [0.3, 0.4) is 0 Å². The second kappa shape index (κ2) is 12.3. The monoisotopic (exact) mass is 509 g/mol. The molecule has 0 aliphatic carbocycles. The Labute approximate surface area is 212 Å². The van der Waals surface area contributed by atoms with Gasteiger partial charge in [-0.2, -0.15) is 9.41 Å². The molecular weight excluding hydrogens is 478 g/mol. The van der Waals surface area contributed by atoms with Gasteiger partial charge in [0.25, 0.3) is 5.69 Å². The number of hydrazone groups is 1. The fourth-order valence-corrected chi connectivity index (χ4v) is 5.25. The molecule has 0 amide bonds. The van der Waals surface area contributed by atoms with E-state index in [9.17, 15) is 18.5 Å². The van der Waals surface area contributed by atoms with Crippen molar-refractivity contribution < 1.29 is 13.3 Å². The van der Waals surface area contributed by atoms with Crippen molar-refractivity contribution in [3.8, 4) is 0 Å². The Bertz CT molecular complexity index is 1290. The Hall–Kier alpha value is -3.76. The highest BCUT2D eigenvalue weighted by atomic mass is 32.2. The third kappa shape index (κ3) is 6.46. The van der Waals surface area contributed by atoms with Crippen LogP contribution in [0.25, 0.3) is 0 Å². The third-order valence-corrected chi connectivity index (χ3v) is 7.81. The van der Waals surface area contributed by atoms with Crippen LogP contribution in [0.4, 0.5) is 17.1 Å². The van der Waals surface area contributed by atoms with E-state index in [1.54, 1.807) is 20.1 Å². The van der Waals surface area contributed by atoms with Crippen LogP contribution >= 0.6 is 0 Å². The van der Waals surface area contributed by atoms with Crippen molar-refractivity contribution in [3.63, 3.8) is 0 Å². The molecule has 3 rings (SSSR count). The maximum Gasteiger partial charge on any atom is 0.295 e. The van der Waals surface area contributed by atoms with E-state index < -0.39 is 14.9 Å². The lowest BCUT2D eigenvalue weighted by molar-refractivity contribution is -0.384. The topological polar surface area (TPSA) is 108 Å². The quantitative estimate of drug-likeness (QED) is 0.207. The molecule has 1 N–H and O–H groups in total. The smallest absolute Gasteiger partial charge is 0.295 e. The van der Waals surface area contributed by atoms with Gasteiger partial charge < -0.3 is 4.90 Å². The summed E-state index contributed by atoms with van der Waals surface area (Å²) in [5, 5.41) is 15.7. The maximum absolute atomic E-state index is 12.7. The van der Waals surface area contributed by atoms with E-state index in [2.05, 4.69) is 34.5 Å². The van der Waals surface area contributed by atoms with Crippen LogP contribution in [0, 0.1) is 10.1 Å². The zero-order valence-electron chi connectivity index (χ0n) is 20.7. The first-order chi connectivity index (χ1) is 17.3. The summed E-state index contributed by atoms with van der Waals surface area (Å²) in [7, 11) is -3.81. The summed E-state index contributed by atoms with van der Waals surface area (Å²) in [6, 6.07) is 21.9. The van der Waals surface area contributed by atoms with Crippen molar-refractivity contribution in [2.24, 2.45) is 5.10 Å². The van der Waals surface area contributed by atoms with Gasteiger partial charge in [-0.15, -0.1) is 0 Å². The number of benzene rings is 3. The molecule has 190 valence electrons. The predicted molar refractivity (Wildman–Crippen MR) is 144 cm³/mol. The molecule has 0 aliphatic heterocycles. The van der Waals surface area contributed by atoms with E-state index in [1.807, 2.05) is 42.5 Å². The number of rotatable bonds is 12. The summed E-state index contributed by atoms with van der Waals surface area (Å²) < 4.78 is 26.7. The molecule has 3 aromatic carbocycles. The normalized spacial score (nSPS) is 11.7. The molecule has 0 radical (unpaired) electrons. The largest absolute Gasteiger partial charge is 0.367 e. The second-order valence-electron chi connectivity index (χ2n) is 7.99. The number of nitrogens with one attached hydrogen (secondary N) is 1. The van der Waals surface area contributed by atoms with E-state index in [0.29, 0.717) is 0 Å². The summed E-state index contributed by atoms with van der Waals surface area (Å²) in [6.45, 7) is 7.75. The van der Waals surface area contributed by atoms with Crippen LogP contribution in [0.5, 0.6) is 0 Å². The summed E-state index contributed by atoms with van der Waals surface area (Å²) in [6.07, 6.45) is 1.56. The highest BCUT2D eigenvalue weighted by molar-refractivity contribution is 7.89. The van der Waals surface area contributed by atoms with E-state index in [1.165, 1.54) is 22.0 Å². The Morgan fingerprint density at radius 1 is 0.944 bits per heavy atom. The molecule has 36 heavy (non-hydrogen) atoms. The Kier molecular flexibility index (Phi) is 9.15. The van der Waals surface area contributed by atoms with Crippen LogP contribution in [0.15, 0.2) is 82.8 Å². The molecule has 0 saturated heterocycles. The lowest BCUT2D eigenvalue weighted by Gasteiger charge is -2.23. The van der Waals surface area contributed by atoms with Crippen LogP contribution in [-0.2, 0) is 16.6 Å².